The Bertz CT molecular complexity index is 1210. The van der Waals surface area contributed by atoms with Gasteiger partial charge in [-0.25, -0.2) is 18.4 Å². The van der Waals surface area contributed by atoms with Gasteiger partial charge < -0.3 is 9.73 Å². The average Bonchev–Trinajstić information content (AvgIpc) is 3.09. The summed E-state index contributed by atoms with van der Waals surface area (Å²) in [5.41, 5.74) is -0.365. The summed E-state index contributed by atoms with van der Waals surface area (Å²) in [6, 6.07) is 4.93. The zero-order valence-electron chi connectivity index (χ0n) is 15.2. The highest BCUT2D eigenvalue weighted by Crippen LogP contribution is 2.32. The number of aromatic nitrogens is 2. The van der Waals surface area contributed by atoms with Crippen molar-refractivity contribution >= 4 is 56.0 Å². The Balaban J connectivity index is 1.67. The number of benzene rings is 1. The maximum atomic E-state index is 12.6. The van der Waals surface area contributed by atoms with E-state index in [1.165, 1.54) is 25.1 Å². The Hall–Kier alpha value is -2.31. The molecule has 0 atom stereocenters. The van der Waals surface area contributed by atoms with Crippen molar-refractivity contribution in [3.8, 4) is 0 Å². The number of nitrogens with zero attached hydrogens (tertiary/aromatic N) is 2. The molecule has 0 aliphatic carbocycles. The molecule has 0 aliphatic rings. The fraction of sp³-hybridized carbons (Fsp3) is 0.235. The van der Waals surface area contributed by atoms with Crippen LogP contribution in [0.2, 0.25) is 5.02 Å². The number of carbonyl (C=O) groups excluding carboxylic acids is 1. The van der Waals surface area contributed by atoms with E-state index in [2.05, 4.69) is 15.3 Å². The van der Waals surface area contributed by atoms with Gasteiger partial charge in [-0.1, -0.05) is 30.3 Å². The molecule has 0 bridgehead atoms. The molecular formula is C17H13ClF3N3O4S2. The lowest BCUT2D eigenvalue weighted by Gasteiger charge is -2.09. The molecule has 30 heavy (non-hydrogen) atoms. The van der Waals surface area contributed by atoms with Crippen molar-refractivity contribution in [1.82, 2.24) is 9.97 Å². The fourth-order valence-corrected chi connectivity index (χ4v) is 4.04. The van der Waals surface area contributed by atoms with Crippen molar-refractivity contribution in [2.45, 2.75) is 23.2 Å². The molecule has 0 aliphatic heterocycles. The molecule has 0 saturated carbocycles. The van der Waals surface area contributed by atoms with E-state index in [4.69, 9.17) is 16.0 Å². The van der Waals surface area contributed by atoms with Crippen LogP contribution >= 0.6 is 23.4 Å². The molecule has 0 radical (unpaired) electrons. The predicted octanol–water partition coefficient (Wildman–Crippen LogP) is 4.42. The minimum Gasteiger partial charge on any atom is -0.431 e. The van der Waals surface area contributed by atoms with Gasteiger partial charge in [0, 0.05) is 6.20 Å². The third-order valence-corrected chi connectivity index (χ3v) is 6.68. The van der Waals surface area contributed by atoms with E-state index >= 15 is 0 Å². The molecule has 0 saturated heterocycles. The Morgan fingerprint density at radius 1 is 1.30 bits per heavy atom. The zero-order valence-corrected chi connectivity index (χ0v) is 17.5. The number of oxazole rings is 1. The van der Waals surface area contributed by atoms with Crippen LogP contribution in [0.4, 0.5) is 19.0 Å². The van der Waals surface area contributed by atoms with Crippen molar-refractivity contribution in [2.75, 3.05) is 16.8 Å². The summed E-state index contributed by atoms with van der Waals surface area (Å²) in [6.07, 6.45) is -4.03. The van der Waals surface area contributed by atoms with Gasteiger partial charge >= 0.3 is 6.18 Å². The van der Waals surface area contributed by atoms with E-state index in [0.29, 0.717) is 23.4 Å². The largest absolute Gasteiger partial charge is 0.431 e. The summed E-state index contributed by atoms with van der Waals surface area (Å²) in [6.45, 7) is 1.53. The van der Waals surface area contributed by atoms with Crippen molar-refractivity contribution in [3.05, 3.63) is 41.0 Å². The smallest absolute Gasteiger partial charge is 0.417 e. The van der Waals surface area contributed by atoms with Crippen LogP contribution in [0.1, 0.15) is 12.5 Å². The Morgan fingerprint density at radius 3 is 2.67 bits per heavy atom. The Kier molecular flexibility index (Phi) is 6.29. The van der Waals surface area contributed by atoms with Gasteiger partial charge in [0.05, 0.1) is 27.0 Å². The number of hydrogen-bond acceptors (Lipinski definition) is 7. The maximum absolute atomic E-state index is 12.6. The topological polar surface area (TPSA) is 102 Å². The first-order chi connectivity index (χ1) is 14.0. The number of fused-ring (bicyclic) bond motifs is 1. The Labute approximate surface area is 177 Å². The summed E-state index contributed by atoms with van der Waals surface area (Å²) in [5.74, 6) is -1.04. The molecule has 160 valence electrons. The van der Waals surface area contributed by atoms with Crippen LogP contribution in [0, 0.1) is 0 Å². The number of hydrogen-bond donors (Lipinski definition) is 1. The van der Waals surface area contributed by atoms with Gasteiger partial charge in [-0.15, -0.1) is 0 Å². The maximum Gasteiger partial charge on any atom is 0.417 e. The second kappa shape index (κ2) is 8.44. The number of carbonyl (C=O) groups is 1. The SMILES string of the molecule is CCS(=O)(=O)c1ccc2oc(SCC(=O)Nc3ncc(C(F)(F)F)cc3Cl)nc2c1. The van der Waals surface area contributed by atoms with Crippen LogP contribution in [0.5, 0.6) is 0 Å². The van der Waals surface area contributed by atoms with E-state index < -0.39 is 27.5 Å². The first-order valence-corrected chi connectivity index (χ1v) is 11.3. The van der Waals surface area contributed by atoms with Crippen molar-refractivity contribution in [3.63, 3.8) is 0 Å². The lowest BCUT2D eigenvalue weighted by atomic mass is 10.3. The number of nitrogens with one attached hydrogen (secondary N) is 1. The van der Waals surface area contributed by atoms with E-state index in [1.54, 1.807) is 0 Å². The molecule has 0 fully saturated rings. The number of amides is 1. The van der Waals surface area contributed by atoms with Crippen LogP contribution in [-0.4, -0.2) is 35.8 Å². The van der Waals surface area contributed by atoms with Gasteiger partial charge in [0.15, 0.2) is 21.2 Å². The lowest BCUT2D eigenvalue weighted by Crippen LogP contribution is -2.16. The molecule has 1 aromatic carbocycles. The summed E-state index contributed by atoms with van der Waals surface area (Å²) >= 11 is 6.67. The standard InChI is InChI=1S/C17H13ClF3N3O4S2/c1-2-30(26,27)10-3-4-13-12(6-10)23-16(28-13)29-8-14(25)24-15-11(18)5-9(7-22-15)17(19,20)21/h3-7H,2,8H2,1H3,(H,22,24,25). The normalized spacial score (nSPS) is 12.3. The molecule has 0 spiro atoms. The second-order valence-electron chi connectivity index (χ2n) is 5.90. The summed E-state index contributed by atoms with van der Waals surface area (Å²) in [5, 5.41) is 2.08. The van der Waals surface area contributed by atoms with Gasteiger partial charge in [-0.2, -0.15) is 13.2 Å². The quantitative estimate of drug-likeness (QED) is 0.522. The molecule has 2 aromatic heterocycles. The first kappa shape index (κ1) is 22.4. The second-order valence-corrected chi connectivity index (χ2v) is 9.51. The third kappa shape index (κ3) is 5.05. The number of thioether (sulfide) groups is 1. The molecule has 3 aromatic rings. The van der Waals surface area contributed by atoms with Gasteiger partial charge in [0.1, 0.15) is 5.52 Å². The van der Waals surface area contributed by atoms with Crippen LogP contribution in [0.3, 0.4) is 0 Å². The molecule has 0 unspecified atom stereocenters. The van der Waals surface area contributed by atoms with Crippen molar-refractivity contribution < 1.29 is 30.8 Å². The lowest BCUT2D eigenvalue weighted by molar-refractivity contribution is -0.137. The molecule has 2 heterocycles. The van der Waals surface area contributed by atoms with Gasteiger partial charge in [0.25, 0.3) is 5.22 Å². The van der Waals surface area contributed by atoms with E-state index in [-0.39, 0.29) is 32.5 Å². The molecule has 3 rings (SSSR count). The molecule has 7 nitrogen and oxygen atoms in total. The number of sulfone groups is 1. The van der Waals surface area contributed by atoms with Gasteiger partial charge in [0.2, 0.25) is 5.91 Å². The summed E-state index contributed by atoms with van der Waals surface area (Å²) in [4.78, 5) is 19.8. The van der Waals surface area contributed by atoms with Crippen LogP contribution in [0.25, 0.3) is 11.1 Å². The Morgan fingerprint density at radius 2 is 2.03 bits per heavy atom. The van der Waals surface area contributed by atoms with E-state index in [0.717, 1.165) is 11.8 Å². The highest BCUT2D eigenvalue weighted by molar-refractivity contribution is 7.99. The molecule has 1 N–H and O–H groups in total. The highest BCUT2D eigenvalue weighted by atomic mass is 35.5. The van der Waals surface area contributed by atoms with Crippen molar-refractivity contribution in [1.29, 1.82) is 0 Å². The fourth-order valence-electron chi connectivity index (χ4n) is 2.29. The molecular weight excluding hydrogens is 467 g/mol. The van der Waals surface area contributed by atoms with Crippen LogP contribution in [0.15, 0.2) is 45.0 Å². The highest BCUT2D eigenvalue weighted by Gasteiger charge is 2.31. The number of anilines is 1. The summed E-state index contributed by atoms with van der Waals surface area (Å²) in [7, 11) is -3.40. The van der Waals surface area contributed by atoms with Gasteiger partial charge in [-0.05, 0) is 24.3 Å². The monoisotopic (exact) mass is 479 g/mol. The first-order valence-electron chi connectivity index (χ1n) is 8.28. The number of rotatable bonds is 6. The van der Waals surface area contributed by atoms with Gasteiger partial charge in [-0.3, -0.25) is 4.79 Å². The predicted molar refractivity (Wildman–Crippen MR) is 105 cm³/mol. The number of alkyl halides is 3. The van der Waals surface area contributed by atoms with Crippen LogP contribution in [-0.2, 0) is 20.8 Å². The average molecular weight is 480 g/mol. The van der Waals surface area contributed by atoms with Crippen molar-refractivity contribution in [2.24, 2.45) is 0 Å². The van der Waals surface area contributed by atoms with Crippen LogP contribution < -0.4 is 5.32 Å². The minimum atomic E-state index is -4.60. The number of halogens is 4. The van der Waals surface area contributed by atoms with E-state index in [9.17, 15) is 26.4 Å². The van der Waals surface area contributed by atoms with E-state index in [1.807, 2.05) is 0 Å². The third-order valence-electron chi connectivity index (χ3n) is 3.83. The molecule has 13 heteroatoms. The zero-order chi connectivity index (χ0) is 22.1. The minimum absolute atomic E-state index is 0.0569. The number of pyridine rings is 1. The summed E-state index contributed by atoms with van der Waals surface area (Å²) < 4.78 is 67.2. The molecule has 1 amide bonds.